The number of hydrogen-bond donors (Lipinski definition) is 4. The first-order chi connectivity index (χ1) is 15.9. The van der Waals surface area contributed by atoms with Gasteiger partial charge in [-0.05, 0) is 49.6 Å². The molecule has 0 radical (unpaired) electrons. The van der Waals surface area contributed by atoms with Crippen molar-refractivity contribution in [1.29, 1.82) is 0 Å². The number of halogens is 1. The number of H-pyrrole nitrogens is 1. The Hall–Kier alpha value is -2.98. The van der Waals surface area contributed by atoms with Crippen molar-refractivity contribution < 1.29 is 5.11 Å². The quantitative estimate of drug-likeness (QED) is 0.323. The van der Waals surface area contributed by atoms with Gasteiger partial charge in [0.15, 0.2) is 12.2 Å². The van der Waals surface area contributed by atoms with E-state index in [0.29, 0.717) is 23.3 Å². The average Bonchev–Trinajstić information content (AvgIpc) is 3.42. The molecule has 0 saturated carbocycles. The number of nitrogens with one attached hydrogen (secondary N) is 3. The smallest absolute Gasteiger partial charge is 0.225 e. The second kappa shape index (κ2) is 8.75. The number of aliphatic hydroxyl groups is 1. The summed E-state index contributed by atoms with van der Waals surface area (Å²) in [5.41, 5.74) is 5.05. The van der Waals surface area contributed by atoms with E-state index in [1.807, 2.05) is 44.0 Å². The van der Waals surface area contributed by atoms with E-state index in [1.165, 1.54) is 11.1 Å². The molecule has 4 N–H and O–H groups in total. The van der Waals surface area contributed by atoms with E-state index in [-0.39, 0.29) is 6.04 Å². The zero-order valence-corrected chi connectivity index (χ0v) is 19.6. The zero-order chi connectivity index (χ0) is 23.1. The van der Waals surface area contributed by atoms with Crippen molar-refractivity contribution in [2.24, 2.45) is 7.05 Å². The van der Waals surface area contributed by atoms with Crippen LogP contribution in [0.5, 0.6) is 0 Å². The molecule has 33 heavy (non-hydrogen) atoms. The van der Waals surface area contributed by atoms with Gasteiger partial charge in [-0.25, -0.2) is 4.68 Å². The Labute approximate surface area is 196 Å². The van der Waals surface area contributed by atoms with Gasteiger partial charge in [-0.2, -0.15) is 10.1 Å². The molecule has 1 aliphatic rings. The summed E-state index contributed by atoms with van der Waals surface area (Å²) in [5, 5.41) is 29.8. The van der Waals surface area contributed by atoms with E-state index >= 15 is 0 Å². The Bertz CT molecular complexity index is 1300. The summed E-state index contributed by atoms with van der Waals surface area (Å²) in [6.45, 7) is 5.54. The Morgan fingerprint density at radius 2 is 2.03 bits per heavy atom. The molecule has 3 heterocycles. The van der Waals surface area contributed by atoms with Crippen LogP contribution in [-0.2, 0) is 20.0 Å². The van der Waals surface area contributed by atoms with E-state index in [0.717, 1.165) is 35.1 Å². The SMILES string of the molecule is CC(C)NC(O)N1CCc2cc(-c3nc(Nc4ccc5[nH]ncc5c4Cl)n(C)n3)ccc2C1. The summed E-state index contributed by atoms with van der Waals surface area (Å²) < 4.78 is 1.71. The van der Waals surface area contributed by atoms with Crippen molar-refractivity contribution in [3.8, 4) is 11.4 Å². The number of aliphatic hydroxyl groups excluding tert-OH is 1. The standard InChI is InChI=1S/C23H27ClN8O/c1-13(2)26-23(33)32-9-8-14-10-15(4-5-16(14)12-32)21-28-22(31(3)30-21)27-19-7-6-18-17(20(19)24)11-25-29-18/h4-7,10-11,13,23,26,33H,8-9,12H2,1-3H3,(H,25,29)(H,27,28,30). The lowest BCUT2D eigenvalue weighted by Gasteiger charge is -2.34. The van der Waals surface area contributed by atoms with Crippen molar-refractivity contribution in [3.63, 3.8) is 0 Å². The number of aromatic amines is 1. The first kappa shape index (κ1) is 21.8. The van der Waals surface area contributed by atoms with Crippen LogP contribution in [0.2, 0.25) is 5.02 Å². The fourth-order valence-electron chi connectivity index (χ4n) is 4.14. The Balaban J connectivity index is 1.36. The summed E-state index contributed by atoms with van der Waals surface area (Å²) >= 11 is 6.54. The van der Waals surface area contributed by atoms with Crippen LogP contribution in [0, 0.1) is 0 Å². The van der Waals surface area contributed by atoms with Gasteiger partial charge in [0.1, 0.15) is 0 Å². The maximum atomic E-state index is 10.4. The van der Waals surface area contributed by atoms with Crippen LogP contribution >= 0.6 is 11.6 Å². The fourth-order valence-corrected chi connectivity index (χ4v) is 4.40. The highest BCUT2D eigenvalue weighted by Gasteiger charge is 2.23. The molecule has 9 nitrogen and oxygen atoms in total. The number of hydrogen-bond acceptors (Lipinski definition) is 7. The Kier molecular flexibility index (Phi) is 5.79. The van der Waals surface area contributed by atoms with Crippen molar-refractivity contribution in [3.05, 3.63) is 52.7 Å². The molecule has 1 atom stereocenters. The van der Waals surface area contributed by atoms with Gasteiger partial charge < -0.3 is 10.4 Å². The predicted octanol–water partition coefficient (Wildman–Crippen LogP) is 3.39. The minimum Gasteiger partial charge on any atom is -0.365 e. The molecule has 172 valence electrons. The number of nitrogens with zero attached hydrogens (tertiary/aromatic N) is 5. The number of anilines is 2. The van der Waals surface area contributed by atoms with E-state index in [9.17, 15) is 5.11 Å². The molecule has 0 spiro atoms. The van der Waals surface area contributed by atoms with Gasteiger partial charge in [-0.1, -0.05) is 23.7 Å². The molecular formula is C23H27ClN8O. The second-order valence-electron chi connectivity index (χ2n) is 8.66. The first-order valence-corrected chi connectivity index (χ1v) is 11.4. The summed E-state index contributed by atoms with van der Waals surface area (Å²) in [4.78, 5) is 6.75. The molecule has 2 aromatic heterocycles. The van der Waals surface area contributed by atoms with Gasteiger partial charge in [0.25, 0.3) is 0 Å². The number of benzene rings is 2. The molecule has 0 amide bonds. The van der Waals surface area contributed by atoms with Crippen LogP contribution in [0.4, 0.5) is 11.6 Å². The number of fused-ring (bicyclic) bond motifs is 2. The third-order valence-electron chi connectivity index (χ3n) is 5.90. The van der Waals surface area contributed by atoms with Crippen molar-refractivity contribution in [2.75, 3.05) is 11.9 Å². The number of aryl methyl sites for hydroxylation is 1. The monoisotopic (exact) mass is 466 g/mol. The van der Waals surface area contributed by atoms with Gasteiger partial charge in [0, 0.05) is 37.1 Å². The second-order valence-corrected chi connectivity index (χ2v) is 9.04. The van der Waals surface area contributed by atoms with Crippen LogP contribution in [-0.4, -0.2) is 53.9 Å². The third-order valence-corrected chi connectivity index (χ3v) is 6.31. The minimum absolute atomic E-state index is 0.221. The average molecular weight is 467 g/mol. The topological polar surface area (TPSA) is 107 Å². The van der Waals surface area contributed by atoms with Gasteiger partial charge in [0.2, 0.25) is 5.95 Å². The molecule has 0 saturated heterocycles. The molecule has 2 aromatic carbocycles. The summed E-state index contributed by atoms with van der Waals surface area (Å²) in [7, 11) is 1.85. The van der Waals surface area contributed by atoms with E-state index in [2.05, 4.69) is 38.1 Å². The summed E-state index contributed by atoms with van der Waals surface area (Å²) in [6.07, 6.45) is 1.92. The lowest BCUT2D eigenvalue weighted by molar-refractivity contribution is -0.0359. The largest absolute Gasteiger partial charge is 0.365 e. The summed E-state index contributed by atoms with van der Waals surface area (Å²) in [6, 6.07) is 10.3. The fraction of sp³-hybridized carbons (Fsp3) is 0.348. The Morgan fingerprint density at radius 1 is 1.18 bits per heavy atom. The number of aromatic nitrogens is 5. The highest BCUT2D eigenvalue weighted by atomic mass is 35.5. The summed E-state index contributed by atoms with van der Waals surface area (Å²) in [5.74, 6) is 1.24. The van der Waals surface area contributed by atoms with Crippen molar-refractivity contribution in [1.82, 2.24) is 35.2 Å². The predicted molar refractivity (Wildman–Crippen MR) is 129 cm³/mol. The lowest BCUT2D eigenvalue weighted by Crippen LogP contribution is -2.49. The minimum atomic E-state index is -0.642. The highest BCUT2D eigenvalue weighted by molar-refractivity contribution is 6.38. The lowest BCUT2D eigenvalue weighted by atomic mass is 9.97. The van der Waals surface area contributed by atoms with Crippen LogP contribution in [0.15, 0.2) is 36.5 Å². The molecule has 5 rings (SSSR count). The molecule has 0 bridgehead atoms. The number of rotatable bonds is 6. The maximum Gasteiger partial charge on any atom is 0.225 e. The Morgan fingerprint density at radius 3 is 2.85 bits per heavy atom. The van der Waals surface area contributed by atoms with Gasteiger partial charge in [0.05, 0.1) is 22.4 Å². The molecule has 0 fully saturated rings. The maximum absolute atomic E-state index is 10.4. The van der Waals surface area contributed by atoms with Crippen molar-refractivity contribution >= 4 is 34.1 Å². The van der Waals surface area contributed by atoms with E-state index < -0.39 is 6.35 Å². The van der Waals surface area contributed by atoms with Crippen LogP contribution in [0.25, 0.3) is 22.3 Å². The van der Waals surface area contributed by atoms with Crippen LogP contribution < -0.4 is 10.6 Å². The van der Waals surface area contributed by atoms with Gasteiger partial charge in [-0.15, -0.1) is 5.10 Å². The first-order valence-electron chi connectivity index (χ1n) is 11.0. The zero-order valence-electron chi connectivity index (χ0n) is 18.8. The van der Waals surface area contributed by atoms with Gasteiger partial charge >= 0.3 is 0 Å². The molecule has 1 aliphatic heterocycles. The van der Waals surface area contributed by atoms with Crippen LogP contribution in [0.1, 0.15) is 25.0 Å². The molecule has 0 aliphatic carbocycles. The molecular weight excluding hydrogens is 440 g/mol. The van der Waals surface area contributed by atoms with Crippen LogP contribution in [0.3, 0.4) is 0 Å². The molecule has 10 heteroatoms. The van der Waals surface area contributed by atoms with Crippen molar-refractivity contribution in [2.45, 2.75) is 39.2 Å². The molecule has 1 unspecified atom stereocenters. The van der Waals surface area contributed by atoms with E-state index in [4.69, 9.17) is 16.6 Å². The molecule has 4 aromatic rings. The normalized spacial score (nSPS) is 15.2. The highest BCUT2D eigenvalue weighted by Crippen LogP contribution is 2.32. The van der Waals surface area contributed by atoms with E-state index in [1.54, 1.807) is 10.9 Å². The van der Waals surface area contributed by atoms with Gasteiger partial charge in [-0.3, -0.25) is 15.3 Å². The third kappa shape index (κ3) is 4.32.